The number of aromatic nitrogens is 4. The van der Waals surface area contributed by atoms with E-state index in [4.69, 9.17) is 0 Å². The van der Waals surface area contributed by atoms with Crippen molar-refractivity contribution < 1.29 is 4.79 Å². The number of rotatable bonds is 2. The van der Waals surface area contributed by atoms with Crippen LogP contribution in [0.4, 0.5) is 0 Å². The van der Waals surface area contributed by atoms with Gasteiger partial charge >= 0.3 is 5.91 Å². The minimum absolute atomic E-state index is 0.318. The number of aryl methyl sites for hydroxylation is 1. The zero-order valence-corrected chi connectivity index (χ0v) is 12.9. The molecule has 2 aromatic heterocycles. The van der Waals surface area contributed by atoms with E-state index in [9.17, 15) is 4.79 Å². The maximum Gasteiger partial charge on any atom is 0.302 e. The van der Waals surface area contributed by atoms with Crippen molar-refractivity contribution in [2.45, 2.75) is 25.8 Å². The van der Waals surface area contributed by atoms with E-state index >= 15 is 0 Å². The Kier molecular flexibility index (Phi) is 3.98. The number of piperidine rings is 1. The minimum Gasteiger partial charge on any atom is -0.327 e. The van der Waals surface area contributed by atoms with Crippen molar-refractivity contribution >= 4 is 17.2 Å². The molecule has 21 heavy (non-hydrogen) atoms. The van der Waals surface area contributed by atoms with Gasteiger partial charge in [-0.15, -0.1) is 16.4 Å². The molecule has 1 N–H and O–H groups in total. The highest BCUT2D eigenvalue weighted by Gasteiger charge is 2.22. The van der Waals surface area contributed by atoms with E-state index in [1.54, 1.807) is 0 Å². The van der Waals surface area contributed by atoms with Gasteiger partial charge in [0.05, 0.1) is 11.7 Å². The SMILES string of the molecule is Cc1c(C(=O)N=c2sccn2C)nnn1C1CCNCC1. The Labute approximate surface area is 126 Å². The number of carbonyl (C=O) groups is 1. The number of hydrogen-bond donors (Lipinski definition) is 1. The van der Waals surface area contributed by atoms with Gasteiger partial charge in [-0.25, -0.2) is 4.68 Å². The molecule has 1 aliphatic heterocycles. The van der Waals surface area contributed by atoms with Gasteiger partial charge in [-0.1, -0.05) is 5.21 Å². The zero-order valence-electron chi connectivity index (χ0n) is 12.1. The zero-order chi connectivity index (χ0) is 14.8. The van der Waals surface area contributed by atoms with Crippen LogP contribution in [-0.4, -0.2) is 38.6 Å². The first-order chi connectivity index (χ1) is 10.2. The number of nitrogens with zero attached hydrogens (tertiary/aromatic N) is 5. The Morgan fingerprint density at radius 1 is 1.48 bits per heavy atom. The summed E-state index contributed by atoms with van der Waals surface area (Å²) < 4.78 is 3.69. The topological polar surface area (TPSA) is 77.1 Å². The number of carbonyl (C=O) groups excluding carboxylic acids is 1. The predicted molar refractivity (Wildman–Crippen MR) is 79.1 cm³/mol. The third kappa shape index (κ3) is 2.81. The fourth-order valence-corrected chi connectivity index (χ4v) is 3.24. The molecule has 8 heteroatoms. The van der Waals surface area contributed by atoms with Crippen molar-refractivity contribution in [3.63, 3.8) is 0 Å². The molecule has 0 aliphatic carbocycles. The van der Waals surface area contributed by atoms with Crippen LogP contribution < -0.4 is 10.1 Å². The molecule has 1 amide bonds. The highest BCUT2D eigenvalue weighted by molar-refractivity contribution is 7.07. The standard InChI is InChI=1S/C13H18N6OS/c1-9-11(12(20)15-13-18(2)7-8-21-13)16-17-19(9)10-3-5-14-6-4-10/h7-8,10,14H,3-6H2,1-2H3. The summed E-state index contributed by atoms with van der Waals surface area (Å²) in [6.07, 6.45) is 3.89. The molecule has 0 unspecified atom stereocenters. The van der Waals surface area contributed by atoms with Gasteiger partial charge in [-0.05, 0) is 32.9 Å². The van der Waals surface area contributed by atoms with Gasteiger partial charge in [0.2, 0.25) is 0 Å². The molecule has 0 spiro atoms. The monoisotopic (exact) mass is 306 g/mol. The lowest BCUT2D eigenvalue weighted by atomic mass is 10.1. The van der Waals surface area contributed by atoms with Gasteiger partial charge in [0.15, 0.2) is 10.5 Å². The summed E-state index contributed by atoms with van der Waals surface area (Å²) in [5.41, 5.74) is 1.15. The molecular weight excluding hydrogens is 288 g/mol. The molecule has 0 saturated carbocycles. The summed E-state index contributed by atoms with van der Waals surface area (Å²) in [7, 11) is 1.86. The van der Waals surface area contributed by atoms with Crippen molar-refractivity contribution in [1.29, 1.82) is 0 Å². The molecule has 1 fully saturated rings. The number of amides is 1. The highest BCUT2D eigenvalue weighted by atomic mass is 32.1. The Balaban J connectivity index is 1.88. The summed E-state index contributed by atoms with van der Waals surface area (Å²) in [6.45, 7) is 3.84. The second-order valence-corrected chi connectivity index (χ2v) is 6.04. The van der Waals surface area contributed by atoms with Crippen LogP contribution in [0.2, 0.25) is 0 Å². The first-order valence-electron chi connectivity index (χ1n) is 6.98. The second kappa shape index (κ2) is 5.90. The van der Waals surface area contributed by atoms with E-state index < -0.39 is 0 Å². The van der Waals surface area contributed by atoms with Crippen molar-refractivity contribution in [2.75, 3.05) is 13.1 Å². The Morgan fingerprint density at radius 2 is 2.24 bits per heavy atom. The van der Waals surface area contributed by atoms with Crippen LogP contribution in [0.15, 0.2) is 16.6 Å². The molecule has 2 aromatic rings. The lowest BCUT2D eigenvalue weighted by Gasteiger charge is -2.23. The average molecular weight is 306 g/mol. The quantitative estimate of drug-likeness (QED) is 0.884. The fourth-order valence-electron chi connectivity index (χ4n) is 2.51. The Morgan fingerprint density at radius 3 is 2.90 bits per heavy atom. The van der Waals surface area contributed by atoms with Crippen LogP contribution in [0.3, 0.4) is 0 Å². The summed E-state index contributed by atoms with van der Waals surface area (Å²) in [5, 5.41) is 13.4. The summed E-state index contributed by atoms with van der Waals surface area (Å²) in [4.78, 5) is 17.1. The van der Waals surface area contributed by atoms with Crippen LogP contribution in [0.25, 0.3) is 0 Å². The molecule has 3 rings (SSSR count). The molecule has 0 bridgehead atoms. The first-order valence-corrected chi connectivity index (χ1v) is 7.86. The fraction of sp³-hybridized carbons (Fsp3) is 0.538. The molecule has 0 aromatic carbocycles. The van der Waals surface area contributed by atoms with E-state index in [2.05, 4.69) is 20.6 Å². The highest BCUT2D eigenvalue weighted by Crippen LogP contribution is 2.20. The third-order valence-electron chi connectivity index (χ3n) is 3.74. The van der Waals surface area contributed by atoms with Crippen LogP contribution in [-0.2, 0) is 7.05 Å². The van der Waals surface area contributed by atoms with E-state index in [0.717, 1.165) is 31.6 Å². The van der Waals surface area contributed by atoms with E-state index in [1.165, 1.54) is 11.3 Å². The van der Waals surface area contributed by atoms with Crippen LogP contribution in [0, 0.1) is 6.92 Å². The molecule has 7 nitrogen and oxygen atoms in total. The first kappa shape index (κ1) is 14.2. The van der Waals surface area contributed by atoms with E-state index in [-0.39, 0.29) is 5.91 Å². The Hall–Kier alpha value is -1.80. The van der Waals surface area contributed by atoms with Crippen molar-refractivity contribution in [2.24, 2.45) is 12.0 Å². The smallest absolute Gasteiger partial charge is 0.302 e. The number of hydrogen-bond acceptors (Lipinski definition) is 5. The second-order valence-electron chi connectivity index (χ2n) is 5.16. The maximum atomic E-state index is 12.3. The molecule has 3 heterocycles. The minimum atomic E-state index is -0.328. The van der Waals surface area contributed by atoms with Gasteiger partial charge in [0.25, 0.3) is 0 Å². The normalized spacial score (nSPS) is 17.3. The average Bonchev–Trinajstić information content (AvgIpc) is 3.06. The largest absolute Gasteiger partial charge is 0.327 e. The molecule has 0 atom stereocenters. The number of nitrogens with one attached hydrogen (secondary N) is 1. The molecule has 1 saturated heterocycles. The van der Waals surface area contributed by atoms with Crippen LogP contribution in [0.5, 0.6) is 0 Å². The van der Waals surface area contributed by atoms with Gasteiger partial charge in [0, 0.05) is 18.6 Å². The third-order valence-corrected chi connectivity index (χ3v) is 4.59. The van der Waals surface area contributed by atoms with E-state index in [0.29, 0.717) is 16.5 Å². The lowest BCUT2D eigenvalue weighted by molar-refractivity contribution is 0.0992. The molecular formula is C13H18N6OS. The summed E-state index contributed by atoms with van der Waals surface area (Å²) in [6, 6.07) is 0.318. The van der Waals surface area contributed by atoms with Gasteiger partial charge in [-0.2, -0.15) is 4.99 Å². The molecule has 112 valence electrons. The lowest BCUT2D eigenvalue weighted by Crippen LogP contribution is -2.30. The molecule has 1 aliphatic rings. The van der Waals surface area contributed by atoms with Crippen LogP contribution in [0.1, 0.15) is 35.1 Å². The van der Waals surface area contributed by atoms with Gasteiger partial charge in [-0.3, -0.25) is 4.79 Å². The number of thiazole rings is 1. The van der Waals surface area contributed by atoms with Gasteiger partial charge in [0.1, 0.15) is 0 Å². The van der Waals surface area contributed by atoms with Gasteiger partial charge < -0.3 is 9.88 Å². The summed E-state index contributed by atoms with van der Waals surface area (Å²) >= 11 is 1.43. The predicted octanol–water partition coefficient (Wildman–Crippen LogP) is 0.652. The maximum absolute atomic E-state index is 12.3. The van der Waals surface area contributed by atoms with E-state index in [1.807, 2.05) is 34.8 Å². The van der Waals surface area contributed by atoms with Crippen molar-refractivity contribution in [3.8, 4) is 0 Å². The van der Waals surface area contributed by atoms with Crippen molar-refractivity contribution in [3.05, 3.63) is 27.8 Å². The van der Waals surface area contributed by atoms with Crippen molar-refractivity contribution in [1.82, 2.24) is 24.9 Å². The summed E-state index contributed by atoms with van der Waals surface area (Å²) in [5.74, 6) is -0.328. The molecule has 0 radical (unpaired) electrons. The Bertz CT molecular complexity index is 706. The van der Waals surface area contributed by atoms with Crippen LogP contribution >= 0.6 is 11.3 Å².